The normalized spacial score (nSPS) is 11.2. The van der Waals surface area contributed by atoms with Crippen molar-refractivity contribution >= 4 is 32.3 Å². The number of methoxy groups -OCH3 is 1. The fourth-order valence-corrected chi connectivity index (χ4v) is 4.09. The van der Waals surface area contributed by atoms with Gasteiger partial charge in [0.2, 0.25) is 5.88 Å². The van der Waals surface area contributed by atoms with Gasteiger partial charge in [0.25, 0.3) is 5.56 Å². The zero-order valence-electron chi connectivity index (χ0n) is 15.0. The van der Waals surface area contributed by atoms with E-state index in [-0.39, 0.29) is 5.56 Å². The van der Waals surface area contributed by atoms with Crippen molar-refractivity contribution in [2.45, 2.75) is 6.92 Å². The van der Waals surface area contributed by atoms with Crippen molar-refractivity contribution in [1.29, 1.82) is 0 Å². The summed E-state index contributed by atoms with van der Waals surface area (Å²) in [7, 11) is 1.65. The van der Waals surface area contributed by atoms with E-state index in [2.05, 4.69) is 9.97 Å². The average molecular weight is 381 g/mol. The summed E-state index contributed by atoms with van der Waals surface area (Å²) in [6, 6.07) is 7.66. The Balaban J connectivity index is 2.02. The number of benzene rings is 1. The molecule has 138 valence electrons. The molecule has 0 aliphatic heterocycles. The molecule has 0 fully saturated rings. The van der Waals surface area contributed by atoms with E-state index in [0.717, 1.165) is 38.7 Å². The first-order chi connectivity index (χ1) is 13.1. The summed E-state index contributed by atoms with van der Waals surface area (Å²) in [4.78, 5) is 19.8. The fraction of sp³-hybridized carbons (Fsp3) is 0.200. The molecule has 0 spiro atoms. The molecule has 1 aromatic carbocycles. The smallest absolute Gasteiger partial charge is 0.266 e. The molecule has 0 saturated carbocycles. The van der Waals surface area contributed by atoms with Crippen LogP contribution in [0.2, 0.25) is 0 Å². The Hall–Kier alpha value is -2.90. The van der Waals surface area contributed by atoms with Gasteiger partial charge in [0, 0.05) is 40.7 Å². The van der Waals surface area contributed by atoms with Crippen LogP contribution in [0.15, 0.2) is 40.6 Å². The molecule has 3 heterocycles. The molecule has 3 aromatic heterocycles. The number of ether oxygens (including phenoxy) is 2. The Labute approximate surface area is 159 Å². The number of nitrogens with one attached hydrogen (secondary N) is 1. The van der Waals surface area contributed by atoms with Crippen molar-refractivity contribution < 1.29 is 9.47 Å². The first-order valence-electron chi connectivity index (χ1n) is 8.54. The van der Waals surface area contributed by atoms with Gasteiger partial charge in [-0.2, -0.15) is 0 Å². The zero-order valence-corrected chi connectivity index (χ0v) is 15.9. The van der Waals surface area contributed by atoms with Crippen LogP contribution >= 0.6 is 11.3 Å². The van der Waals surface area contributed by atoms with Crippen LogP contribution in [0.3, 0.4) is 0 Å². The zero-order chi connectivity index (χ0) is 19.0. The van der Waals surface area contributed by atoms with Crippen LogP contribution in [0.1, 0.15) is 5.56 Å². The van der Waals surface area contributed by atoms with Gasteiger partial charge < -0.3 is 20.2 Å². The number of aryl methyl sites for hydroxylation is 1. The lowest BCUT2D eigenvalue weighted by Crippen LogP contribution is -2.11. The first-order valence-corrected chi connectivity index (χ1v) is 9.42. The molecule has 3 N–H and O–H groups in total. The largest absolute Gasteiger partial charge is 0.496 e. The highest BCUT2D eigenvalue weighted by Crippen LogP contribution is 2.41. The van der Waals surface area contributed by atoms with Crippen LogP contribution in [0.5, 0.6) is 11.6 Å². The first kappa shape index (κ1) is 17.5. The number of nitrogens with zero attached hydrogens (tertiary/aromatic N) is 1. The molecule has 0 unspecified atom stereocenters. The highest BCUT2D eigenvalue weighted by molar-refractivity contribution is 7.17. The molecule has 0 aliphatic carbocycles. The lowest BCUT2D eigenvalue weighted by Gasteiger charge is -2.15. The number of pyridine rings is 2. The summed E-state index contributed by atoms with van der Waals surface area (Å²) in [5, 5.41) is 3.80. The molecule has 6 nitrogen and oxygen atoms in total. The van der Waals surface area contributed by atoms with Crippen LogP contribution in [-0.4, -0.2) is 30.2 Å². The number of aromatic nitrogens is 2. The lowest BCUT2D eigenvalue weighted by molar-refractivity contribution is 0.316. The van der Waals surface area contributed by atoms with E-state index in [0.29, 0.717) is 23.7 Å². The van der Waals surface area contributed by atoms with Gasteiger partial charge in [0.1, 0.15) is 17.1 Å². The fourth-order valence-electron chi connectivity index (χ4n) is 3.29. The summed E-state index contributed by atoms with van der Waals surface area (Å²) in [5.74, 6) is 1.26. The molecule has 7 heteroatoms. The third-order valence-corrected chi connectivity index (χ3v) is 5.39. The van der Waals surface area contributed by atoms with Crippen LogP contribution < -0.4 is 20.8 Å². The van der Waals surface area contributed by atoms with Crippen LogP contribution in [0, 0.1) is 6.92 Å². The van der Waals surface area contributed by atoms with Gasteiger partial charge in [0.05, 0.1) is 12.6 Å². The van der Waals surface area contributed by atoms with E-state index >= 15 is 0 Å². The Morgan fingerprint density at radius 1 is 1.30 bits per heavy atom. The van der Waals surface area contributed by atoms with Crippen molar-refractivity contribution in [3.8, 4) is 22.8 Å². The number of aromatic amines is 1. The Morgan fingerprint density at radius 2 is 2.15 bits per heavy atom. The van der Waals surface area contributed by atoms with Gasteiger partial charge >= 0.3 is 0 Å². The van der Waals surface area contributed by atoms with Crippen molar-refractivity contribution in [2.24, 2.45) is 5.73 Å². The molecule has 0 saturated heterocycles. The van der Waals surface area contributed by atoms with Gasteiger partial charge in [-0.15, -0.1) is 11.3 Å². The Kier molecular flexibility index (Phi) is 4.55. The standard InChI is InChI=1S/C20H19N3O3S/c1-11-9-14(25-2)16(12-3-4-15(22-10-12)26-7-6-21)17-13-5-8-27-19(13)20(24)23-18(11)17/h3-5,8-10H,6-7,21H2,1-2H3,(H,23,24). The van der Waals surface area contributed by atoms with Crippen LogP contribution in [-0.2, 0) is 0 Å². The summed E-state index contributed by atoms with van der Waals surface area (Å²) in [6.45, 7) is 2.81. The second-order valence-corrected chi connectivity index (χ2v) is 7.08. The molecular weight excluding hydrogens is 362 g/mol. The van der Waals surface area contributed by atoms with Gasteiger partial charge in [-0.05, 0) is 36.1 Å². The second kappa shape index (κ2) is 7.02. The predicted octanol–water partition coefficient (Wildman–Crippen LogP) is 3.46. The van der Waals surface area contributed by atoms with Gasteiger partial charge in [-0.3, -0.25) is 4.79 Å². The average Bonchev–Trinajstić information content (AvgIpc) is 3.18. The number of nitrogens with two attached hydrogens (primary N) is 1. The van der Waals surface area contributed by atoms with E-state index in [1.54, 1.807) is 13.3 Å². The molecule has 27 heavy (non-hydrogen) atoms. The summed E-state index contributed by atoms with van der Waals surface area (Å²) in [6.07, 6.45) is 1.75. The third-order valence-electron chi connectivity index (χ3n) is 4.48. The predicted molar refractivity (Wildman–Crippen MR) is 109 cm³/mol. The van der Waals surface area contributed by atoms with Gasteiger partial charge in [0.15, 0.2) is 0 Å². The maximum Gasteiger partial charge on any atom is 0.266 e. The third kappa shape index (κ3) is 2.94. The molecule has 0 atom stereocenters. The second-order valence-electron chi connectivity index (χ2n) is 6.16. The monoisotopic (exact) mass is 381 g/mol. The molecule has 4 rings (SSSR count). The minimum Gasteiger partial charge on any atom is -0.496 e. The summed E-state index contributed by atoms with van der Waals surface area (Å²) in [5.41, 5.74) is 8.94. The van der Waals surface area contributed by atoms with Crippen molar-refractivity contribution in [1.82, 2.24) is 9.97 Å². The van der Waals surface area contributed by atoms with E-state index in [4.69, 9.17) is 15.2 Å². The lowest BCUT2D eigenvalue weighted by atomic mass is 9.96. The Morgan fingerprint density at radius 3 is 2.85 bits per heavy atom. The van der Waals surface area contributed by atoms with Gasteiger partial charge in [-0.25, -0.2) is 4.98 Å². The molecule has 0 bridgehead atoms. The van der Waals surface area contributed by atoms with E-state index < -0.39 is 0 Å². The van der Waals surface area contributed by atoms with Crippen LogP contribution in [0.4, 0.5) is 0 Å². The van der Waals surface area contributed by atoms with Crippen molar-refractivity contribution in [2.75, 3.05) is 20.3 Å². The topological polar surface area (TPSA) is 90.2 Å². The number of H-pyrrole nitrogens is 1. The van der Waals surface area contributed by atoms with Crippen molar-refractivity contribution in [3.05, 3.63) is 51.8 Å². The van der Waals surface area contributed by atoms with E-state index in [1.807, 2.05) is 36.6 Å². The molecule has 0 amide bonds. The summed E-state index contributed by atoms with van der Waals surface area (Å²) < 4.78 is 11.8. The highest BCUT2D eigenvalue weighted by Gasteiger charge is 2.18. The SMILES string of the molecule is COc1cc(C)c2[nH]c(=O)c3sccc3c2c1-c1ccc(OCCN)nc1. The Bertz CT molecular complexity index is 1180. The highest BCUT2D eigenvalue weighted by atomic mass is 32.1. The maximum atomic E-state index is 12.4. The molecule has 4 aromatic rings. The number of hydrogen-bond acceptors (Lipinski definition) is 6. The molecule has 0 aliphatic rings. The molecular formula is C20H19N3O3S. The number of hydrogen-bond donors (Lipinski definition) is 2. The van der Waals surface area contributed by atoms with E-state index in [1.165, 1.54) is 11.3 Å². The minimum atomic E-state index is -0.0737. The van der Waals surface area contributed by atoms with E-state index in [9.17, 15) is 4.79 Å². The quantitative estimate of drug-likeness (QED) is 0.552. The van der Waals surface area contributed by atoms with Crippen molar-refractivity contribution in [3.63, 3.8) is 0 Å². The number of thiophene rings is 1. The van der Waals surface area contributed by atoms with Gasteiger partial charge in [-0.1, -0.05) is 0 Å². The minimum absolute atomic E-state index is 0.0737. The molecule has 0 radical (unpaired) electrons. The number of rotatable bonds is 5. The maximum absolute atomic E-state index is 12.4. The van der Waals surface area contributed by atoms with Crippen LogP contribution in [0.25, 0.3) is 32.1 Å². The number of fused-ring (bicyclic) bond motifs is 3. The summed E-state index contributed by atoms with van der Waals surface area (Å²) >= 11 is 1.43.